The Morgan fingerprint density at radius 2 is 2.36 bits per heavy atom. The summed E-state index contributed by atoms with van der Waals surface area (Å²) in [6.45, 7) is 0. The van der Waals surface area contributed by atoms with Gasteiger partial charge < -0.3 is 0 Å². The van der Waals surface area contributed by atoms with Gasteiger partial charge in [0.2, 0.25) is 5.95 Å². The maximum absolute atomic E-state index is 5.19. The van der Waals surface area contributed by atoms with Crippen molar-refractivity contribution in [2.75, 3.05) is 5.43 Å². The van der Waals surface area contributed by atoms with Crippen LogP contribution in [0.25, 0.3) is 5.82 Å². The zero-order chi connectivity index (χ0) is 9.97. The molecule has 0 aromatic carbocycles. The predicted molar refractivity (Wildman–Crippen MR) is 54.7 cm³/mol. The Hall–Kier alpha value is -1.47. The Labute approximate surface area is 88.3 Å². The molecule has 2 heterocycles. The molecule has 0 aliphatic rings. The molecule has 0 saturated carbocycles. The molecule has 0 atom stereocenters. The Morgan fingerprint density at radius 3 is 3.00 bits per heavy atom. The molecule has 3 N–H and O–H groups in total. The van der Waals surface area contributed by atoms with Gasteiger partial charge in [-0.2, -0.15) is 10.1 Å². The smallest absolute Gasteiger partial charge is 0.239 e. The molecule has 0 radical (unpaired) electrons. The summed E-state index contributed by atoms with van der Waals surface area (Å²) in [6, 6.07) is 1.74. The zero-order valence-corrected chi connectivity index (χ0v) is 8.64. The van der Waals surface area contributed by atoms with E-state index in [9.17, 15) is 0 Å². The molecule has 0 saturated heterocycles. The molecule has 0 spiro atoms. The van der Waals surface area contributed by atoms with E-state index in [1.807, 2.05) is 0 Å². The number of hydrazine groups is 1. The van der Waals surface area contributed by atoms with Crippen molar-refractivity contribution in [2.24, 2.45) is 5.84 Å². The Bertz CT molecular complexity index is 439. The third-order valence-electron chi connectivity index (χ3n) is 1.56. The van der Waals surface area contributed by atoms with Gasteiger partial charge in [0.15, 0.2) is 5.82 Å². The first kappa shape index (κ1) is 9.10. The van der Waals surface area contributed by atoms with E-state index in [4.69, 9.17) is 5.84 Å². The van der Waals surface area contributed by atoms with Crippen LogP contribution in [0.15, 0.2) is 29.1 Å². The van der Waals surface area contributed by atoms with Crippen LogP contribution in [0.2, 0.25) is 0 Å². The number of hydrogen-bond acceptors (Lipinski definition) is 5. The van der Waals surface area contributed by atoms with Gasteiger partial charge in [0.1, 0.15) is 0 Å². The molecule has 6 nitrogen and oxygen atoms in total. The van der Waals surface area contributed by atoms with Gasteiger partial charge in [0, 0.05) is 18.5 Å². The molecule has 0 bridgehead atoms. The van der Waals surface area contributed by atoms with Crippen molar-refractivity contribution in [3.8, 4) is 5.82 Å². The molecular weight excluding hydrogens is 248 g/mol. The second-order valence-electron chi connectivity index (χ2n) is 2.49. The number of anilines is 1. The van der Waals surface area contributed by atoms with E-state index >= 15 is 0 Å². The van der Waals surface area contributed by atoms with Crippen molar-refractivity contribution >= 4 is 21.9 Å². The number of nitrogen functional groups attached to an aromatic ring is 1. The van der Waals surface area contributed by atoms with Crippen LogP contribution in [0.5, 0.6) is 0 Å². The van der Waals surface area contributed by atoms with E-state index in [2.05, 4.69) is 36.4 Å². The number of rotatable bonds is 2. The number of nitrogens with one attached hydrogen (secondary N) is 1. The number of hydrogen-bond donors (Lipinski definition) is 2. The van der Waals surface area contributed by atoms with Crippen molar-refractivity contribution < 1.29 is 0 Å². The number of nitrogens with two attached hydrogens (primary N) is 1. The van der Waals surface area contributed by atoms with Crippen LogP contribution in [0.1, 0.15) is 0 Å². The number of halogens is 1. The van der Waals surface area contributed by atoms with Crippen molar-refractivity contribution in [1.29, 1.82) is 0 Å². The number of nitrogens with zero attached hydrogens (tertiary/aromatic N) is 4. The summed E-state index contributed by atoms with van der Waals surface area (Å²) in [6.07, 6.45) is 5.08. The fourth-order valence-corrected chi connectivity index (χ4v) is 1.26. The van der Waals surface area contributed by atoms with Gasteiger partial charge >= 0.3 is 0 Å². The normalized spacial score (nSPS) is 10.1. The second-order valence-corrected chi connectivity index (χ2v) is 3.40. The van der Waals surface area contributed by atoms with Gasteiger partial charge in [-0.25, -0.2) is 15.5 Å². The maximum Gasteiger partial charge on any atom is 0.239 e. The predicted octanol–water partition coefficient (Wildman–Crippen LogP) is 0.710. The lowest BCUT2D eigenvalue weighted by Crippen LogP contribution is -2.11. The van der Waals surface area contributed by atoms with Crippen LogP contribution in [0, 0.1) is 0 Å². The lowest BCUT2D eigenvalue weighted by atomic mass is 10.6. The van der Waals surface area contributed by atoms with Gasteiger partial charge in [0.25, 0.3) is 0 Å². The quantitative estimate of drug-likeness (QED) is 0.610. The summed E-state index contributed by atoms with van der Waals surface area (Å²) in [5.74, 6) is 6.20. The van der Waals surface area contributed by atoms with Crippen LogP contribution in [-0.4, -0.2) is 19.7 Å². The molecule has 2 aromatic rings. The van der Waals surface area contributed by atoms with Gasteiger partial charge in [0.05, 0.1) is 10.7 Å². The Morgan fingerprint density at radius 1 is 1.50 bits per heavy atom. The first-order chi connectivity index (χ1) is 6.79. The summed E-state index contributed by atoms with van der Waals surface area (Å²) in [7, 11) is 0. The van der Waals surface area contributed by atoms with E-state index in [0.29, 0.717) is 11.8 Å². The highest BCUT2D eigenvalue weighted by atomic mass is 79.9. The van der Waals surface area contributed by atoms with Crippen molar-refractivity contribution in [1.82, 2.24) is 19.7 Å². The van der Waals surface area contributed by atoms with E-state index in [1.54, 1.807) is 29.3 Å². The average Bonchev–Trinajstić information content (AvgIpc) is 2.65. The van der Waals surface area contributed by atoms with E-state index in [0.717, 1.165) is 4.47 Å². The topological polar surface area (TPSA) is 81.6 Å². The molecule has 0 aliphatic carbocycles. The molecule has 7 heteroatoms. The van der Waals surface area contributed by atoms with Gasteiger partial charge in [-0.05, 0) is 15.9 Å². The summed E-state index contributed by atoms with van der Waals surface area (Å²) >= 11 is 3.30. The average molecular weight is 255 g/mol. The molecule has 0 fully saturated rings. The Kier molecular flexibility index (Phi) is 2.42. The molecule has 72 valence electrons. The highest BCUT2D eigenvalue weighted by Gasteiger charge is 2.01. The maximum atomic E-state index is 5.19. The van der Waals surface area contributed by atoms with E-state index in [-0.39, 0.29) is 0 Å². The molecular formula is C7H7BrN6. The largest absolute Gasteiger partial charge is 0.292 e. The highest BCUT2D eigenvalue weighted by molar-refractivity contribution is 9.10. The summed E-state index contributed by atoms with van der Waals surface area (Å²) in [4.78, 5) is 8.00. The minimum atomic E-state index is 0.356. The summed E-state index contributed by atoms with van der Waals surface area (Å²) in [5, 5.41) is 4.07. The molecule has 0 amide bonds. The van der Waals surface area contributed by atoms with E-state index < -0.39 is 0 Å². The van der Waals surface area contributed by atoms with Gasteiger partial charge in [-0.15, -0.1) is 0 Å². The van der Waals surface area contributed by atoms with Crippen LogP contribution >= 0.6 is 15.9 Å². The minimum Gasteiger partial charge on any atom is -0.292 e. The molecule has 0 aliphatic heterocycles. The van der Waals surface area contributed by atoms with Crippen molar-refractivity contribution in [3.05, 3.63) is 29.1 Å². The lowest BCUT2D eigenvalue weighted by Gasteiger charge is -2.01. The first-order valence-electron chi connectivity index (χ1n) is 3.80. The fraction of sp³-hybridized carbons (Fsp3) is 0. The van der Waals surface area contributed by atoms with Gasteiger partial charge in [-0.1, -0.05) is 0 Å². The molecule has 2 rings (SSSR count). The van der Waals surface area contributed by atoms with Crippen molar-refractivity contribution in [3.63, 3.8) is 0 Å². The SMILES string of the molecule is NNc1nccc(-n2cc(Br)cn2)n1. The molecule has 2 aromatic heterocycles. The summed E-state index contributed by atoms with van der Waals surface area (Å²) in [5.41, 5.74) is 2.37. The van der Waals surface area contributed by atoms with Crippen LogP contribution in [0.3, 0.4) is 0 Å². The number of aromatic nitrogens is 4. The van der Waals surface area contributed by atoms with E-state index in [1.165, 1.54) is 0 Å². The minimum absolute atomic E-state index is 0.356. The van der Waals surface area contributed by atoms with Gasteiger partial charge in [-0.3, -0.25) is 5.43 Å². The van der Waals surface area contributed by atoms with Crippen LogP contribution in [0.4, 0.5) is 5.95 Å². The monoisotopic (exact) mass is 254 g/mol. The van der Waals surface area contributed by atoms with Crippen LogP contribution in [-0.2, 0) is 0 Å². The third kappa shape index (κ3) is 1.73. The van der Waals surface area contributed by atoms with Crippen molar-refractivity contribution in [2.45, 2.75) is 0 Å². The fourth-order valence-electron chi connectivity index (χ4n) is 0.972. The lowest BCUT2D eigenvalue weighted by molar-refractivity contribution is 0.840. The summed E-state index contributed by atoms with van der Waals surface area (Å²) < 4.78 is 2.51. The Balaban J connectivity index is 2.41. The zero-order valence-electron chi connectivity index (χ0n) is 7.05. The second kappa shape index (κ2) is 3.72. The third-order valence-corrected chi connectivity index (χ3v) is 1.97. The standard InChI is InChI=1S/C7H7BrN6/c8-5-3-11-14(4-5)6-1-2-10-7(12-6)13-9/h1-4H,9H2,(H,10,12,13). The highest BCUT2D eigenvalue weighted by Crippen LogP contribution is 2.10. The molecule has 14 heavy (non-hydrogen) atoms. The van der Waals surface area contributed by atoms with Crippen LogP contribution < -0.4 is 11.3 Å². The first-order valence-corrected chi connectivity index (χ1v) is 4.59. The molecule has 0 unspecified atom stereocenters.